The van der Waals surface area contributed by atoms with Crippen LogP contribution in [0.4, 0.5) is 15.8 Å². The molecule has 0 unspecified atom stereocenters. The van der Waals surface area contributed by atoms with Crippen LogP contribution in [-0.2, 0) is 10.0 Å². The maximum atomic E-state index is 14.5. The van der Waals surface area contributed by atoms with Crippen LogP contribution in [0.3, 0.4) is 0 Å². The minimum atomic E-state index is -4.05. The quantitative estimate of drug-likeness (QED) is 0.385. The van der Waals surface area contributed by atoms with Gasteiger partial charge in [-0.1, -0.05) is 18.2 Å². The number of halogens is 3. The number of nitrogens with one attached hydrogen (secondary N) is 2. The van der Waals surface area contributed by atoms with Crippen LogP contribution < -0.4 is 25.2 Å². The summed E-state index contributed by atoms with van der Waals surface area (Å²) in [5.41, 5.74) is 7.08. The summed E-state index contributed by atoms with van der Waals surface area (Å²) in [5, 5.41) is 3.09. The van der Waals surface area contributed by atoms with Crippen LogP contribution in [0.1, 0.15) is 0 Å². The first-order chi connectivity index (χ1) is 14.9. The molecule has 0 saturated carbocycles. The summed E-state index contributed by atoms with van der Waals surface area (Å²) in [6, 6.07) is 15.6. The van der Waals surface area contributed by atoms with E-state index >= 15 is 0 Å². The van der Waals surface area contributed by atoms with Crippen molar-refractivity contribution >= 4 is 46.2 Å². The summed E-state index contributed by atoms with van der Waals surface area (Å²) in [4.78, 5) is -0.127. The third-order valence-electron chi connectivity index (χ3n) is 4.53. The molecule has 0 bridgehead atoms. The molecule has 0 atom stereocenters. The van der Waals surface area contributed by atoms with Crippen LogP contribution in [-0.4, -0.2) is 35.7 Å². The molecule has 7 nitrogen and oxygen atoms in total. The Morgan fingerprint density at radius 3 is 2.24 bits per heavy atom. The Kier molecular flexibility index (Phi) is 10.7. The standard InChI is InChI=1S/C22H24FN3O4S.2ClH/c1-29-19-10-9-15(22-18(23)7-4-8-20(22)30-2)13-21(19)31(27,28)26-17-6-3-5-16(14-17)25-12-11-24;;/h3-10,13-14,25-26H,11-12,24H2,1-2H3;2*1H. The second-order valence-electron chi connectivity index (χ2n) is 6.58. The summed E-state index contributed by atoms with van der Waals surface area (Å²) in [7, 11) is -1.25. The van der Waals surface area contributed by atoms with Crippen molar-refractivity contribution in [3.05, 3.63) is 66.5 Å². The summed E-state index contributed by atoms with van der Waals surface area (Å²) in [6.07, 6.45) is 0. The zero-order valence-corrected chi connectivity index (χ0v) is 20.5. The van der Waals surface area contributed by atoms with Crippen LogP contribution in [0.15, 0.2) is 65.6 Å². The lowest BCUT2D eigenvalue weighted by Crippen LogP contribution is -2.15. The van der Waals surface area contributed by atoms with E-state index in [9.17, 15) is 12.8 Å². The van der Waals surface area contributed by atoms with Gasteiger partial charge in [-0.15, -0.1) is 24.8 Å². The van der Waals surface area contributed by atoms with Gasteiger partial charge in [0.05, 0.1) is 25.5 Å². The van der Waals surface area contributed by atoms with E-state index in [1.165, 1.54) is 38.5 Å². The molecule has 33 heavy (non-hydrogen) atoms. The Balaban J connectivity index is 0.00000272. The predicted molar refractivity (Wildman–Crippen MR) is 134 cm³/mol. The summed E-state index contributed by atoms with van der Waals surface area (Å²) >= 11 is 0. The van der Waals surface area contributed by atoms with Crippen LogP contribution in [0.5, 0.6) is 11.5 Å². The number of anilines is 2. The molecule has 3 aromatic rings. The van der Waals surface area contributed by atoms with E-state index in [1.807, 2.05) is 0 Å². The third kappa shape index (κ3) is 6.64. The predicted octanol–water partition coefficient (Wildman–Crippen LogP) is 4.52. The lowest BCUT2D eigenvalue weighted by Gasteiger charge is -2.15. The van der Waals surface area contributed by atoms with Gasteiger partial charge in [-0.2, -0.15) is 0 Å². The lowest BCUT2D eigenvalue weighted by molar-refractivity contribution is 0.402. The van der Waals surface area contributed by atoms with Crippen LogP contribution >= 0.6 is 24.8 Å². The number of rotatable bonds is 9. The van der Waals surface area contributed by atoms with E-state index in [0.717, 1.165) is 5.69 Å². The van der Waals surface area contributed by atoms with Gasteiger partial charge in [0.1, 0.15) is 22.2 Å². The fourth-order valence-electron chi connectivity index (χ4n) is 3.12. The number of ether oxygens (including phenoxy) is 2. The van der Waals surface area contributed by atoms with Crippen LogP contribution in [0.2, 0.25) is 0 Å². The highest BCUT2D eigenvalue weighted by Crippen LogP contribution is 2.37. The SMILES string of the molecule is COc1ccc(-c2c(F)cccc2OC)cc1S(=O)(=O)Nc1cccc(NCCN)c1.Cl.Cl. The minimum absolute atomic E-state index is 0. The summed E-state index contributed by atoms with van der Waals surface area (Å²) < 4.78 is 53.9. The van der Waals surface area contributed by atoms with Crippen molar-refractivity contribution in [2.45, 2.75) is 4.90 Å². The number of nitrogens with two attached hydrogens (primary N) is 1. The minimum Gasteiger partial charge on any atom is -0.496 e. The monoisotopic (exact) mass is 517 g/mol. The highest BCUT2D eigenvalue weighted by Gasteiger charge is 2.22. The van der Waals surface area contributed by atoms with E-state index in [2.05, 4.69) is 10.0 Å². The summed E-state index contributed by atoms with van der Waals surface area (Å²) in [5.74, 6) is -0.108. The Morgan fingerprint density at radius 2 is 1.58 bits per heavy atom. The molecule has 0 heterocycles. The molecule has 3 aromatic carbocycles. The van der Waals surface area contributed by atoms with Crippen molar-refractivity contribution < 1.29 is 22.3 Å². The van der Waals surface area contributed by atoms with Gasteiger partial charge in [0.2, 0.25) is 0 Å². The molecule has 0 spiro atoms. The first kappa shape index (κ1) is 28.3. The van der Waals surface area contributed by atoms with Gasteiger partial charge >= 0.3 is 0 Å². The molecule has 0 fully saturated rings. The highest BCUT2D eigenvalue weighted by atomic mass is 35.5. The Labute approximate surface area is 205 Å². The Morgan fingerprint density at radius 1 is 0.909 bits per heavy atom. The molecule has 3 rings (SSSR count). The maximum absolute atomic E-state index is 14.5. The molecular formula is C22H26Cl2FN3O4S. The zero-order valence-electron chi connectivity index (χ0n) is 18.0. The molecule has 4 N–H and O–H groups in total. The van der Waals surface area contributed by atoms with Gasteiger partial charge in [-0.05, 0) is 48.0 Å². The fourth-order valence-corrected chi connectivity index (χ4v) is 4.36. The number of sulfonamides is 1. The molecule has 0 aliphatic carbocycles. The van der Waals surface area contributed by atoms with E-state index in [1.54, 1.807) is 36.4 Å². The molecule has 180 valence electrons. The van der Waals surface area contributed by atoms with Gasteiger partial charge in [-0.25, -0.2) is 12.8 Å². The smallest absolute Gasteiger partial charge is 0.265 e. The van der Waals surface area contributed by atoms with E-state index in [4.69, 9.17) is 15.2 Å². The van der Waals surface area contributed by atoms with Crippen molar-refractivity contribution in [3.8, 4) is 22.6 Å². The topological polar surface area (TPSA) is 103 Å². The van der Waals surface area contributed by atoms with Gasteiger partial charge in [0.15, 0.2) is 0 Å². The molecule has 11 heteroatoms. The maximum Gasteiger partial charge on any atom is 0.265 e. The molecule has 0 aromatic heterocycles. The van der Waals surface area contributed by atoms with E-state index in [-0.39, 0.29) is 41.0 Å². The van der Waals surface area contributed by atoms with Crippen molar-refractivity contribution in [2.24, 2.45) is 5.73 Å². The zero-order chi connectivity index (χ0) is 22.4. The number of benzene rings is 3. The van der Waals surface area contributed by atoms with Gasteiger partial charge in [0, 0.05) is 18.8 Å². The summed E-state index contributed by atoms with van der Waals surface area (Å²) in [6.45, 7) is 0.996. The molecule has 0 radical (unpaired) electrons. The van der Waals surface area contributed by atoms with Crippen molar-refractivity contribution in [1.82, 2.24) is 0 Å². The molecule has 0 aliphatic heterocycles. The van der Waals surface area contributed by atoms with Crippen molar-refractivity contribution in [2.75, 3.05) is 37.3 Å². The van der Waals surface area contributed by atoms with Crippen molar-refractivity contribution in [1.29, 1.82) is 0 Å². The molecule has 0 saturated heterocycles. The fraction of sp³-hybridized carbons (Fsp3) is 0.182. The average Bonchev–Trinajstić information content (AvgIpc) is 2.77. The molecular weight excluding hydrogens is 492 g/mol. The van der Waals surface area contributed by atoms with Gasteiger partial charge in [-0.3, -0.25) is 4.72 Å². The third-order valence-corrected chi connectivity index (χ3v) is 5.93. The van der Waals surface area contributed by atoms with E-state index in [0.29, 0.717) is 30.1 Å². The number of methoxy groups -OCH3 is 2. The van der Waals surface area contributed by atoms with Crippen LogP contribution in [0.25, 0.3) is 11.1 Å². The second-order valence-corrected chi connectivity index (χ2v) is 8.24. The largest absolute Gasteiger partial charge is 0.496 e. The van der Waals surface area contributed by atoms with Gasteiger partial charge < -0.3 is 20.5 Å². The normalized spacial score (nSPS) is 10.4. The number of hydrogen-bond donors (Lipinski definition) is 3. The first-order valence-electron chi connectivity index (χ1n) is 9.47. The second kappa shape index (κ2) is 12.5. The number of hydrogen-bond acceptors (Lipinski definition) is 6. The lowest BCUT2D eigenvalue weighted by atomic mass is 10.0. The Bertz CT molecular complexity index is 1180. The van der Waals surface area contributed by atoms with E-state index < -0.39 is 15.8 Å². The highest BCUT2D eigenvalue weighted by molar-refractivity contribution is 7.92. The molecule has 0 amide bonds. The average molecular weight is 518 g/mol. The van der Waals surface area contributed by atoms with Crippen LogP contribution in [0, 0.1) is 5.82 Å². The Hall–Kier alpha value is -2.72. The molecule has 0 aliphatic rings. The van der Waals surface area contributed by atoms with Gasteiger partial charge in [0.25, 0.3) is 10.0 Å². The van der Waals surface area contributed by atoms with Crippen molar-refractivity contribution in [3.63, 3.8) is 0 Å². The first-order valence-corrected chi connectivity index (χ1v) is 11.0.